The van der Waals surface area contributed by atoms with Crippen LogP contribution in [0.4, 0.5) is 16.2 Å². The molecular weight excluding hydrogens is 310 g/mol. The lowest BCUT2D eigenvalue weighted by Crippen LogP contribution is -2.32. The van der Waals surface area contributed by atoms with Crippen LogP contribution in [-0.2, 0) is 6.54 Å². The number of rotatable bonds is 4. The Kier molecular flexibility index (Phi) is 5.12. The molecule has 122 valence electrons. The van der Waals surface area contributed by atoms with Crippen LogP contribution in [0, 0.1) is 6.92 Å². The molecule has 0 atom stereocenters. The molecule has 1 saturated heterocycles. The lowest BCUT2D eigenvalue weighted by atomic mass is 10.1. The summed E-state index contributed by atoms with van der Waals surface area (Å²) in [7, 11) is 0. The molecule has 2 N–H and O–H groups in total. The molecule has 6 heteroatoms. The number of nitrogens with one attached hydrogen (secondary N) is 2. The van der Waals surface area contributed by atoms with Crippen LogP contribution in [0.2, 0.25) is 0 Å². The number of thioether (sulfide) groups is 1. The number of carbonyl (C=O) groups is 1. The van der Waals surface area contributed by atoms with E-state index in [1.165, 1.54) is 17.2 Å². The highest BCUT2D eigenvalue weighted by Gasteiger charge is 2.12. The Morgan fingerprint density at radius 1 is 1.30 bits per heavy atom. The van der Waals surface area contributed by atoms with Gasteiger partial charge < -0.3 is 20.0 Å². The van der Waals surface area contributed by atoms with Crippen molar-refractivity contribution >= 4 is 29.2 Å². The zero-order valence-electron chi connectivity index (χ0n) is 13.2. The molecule has 0 bridgehead atoms. The van der Waals surface area contributed by atoms with Gasteiger partial charge in [0.1, 0.15) is 5.76 Å². The fourth-order valence-corrected chi connectivity index (χ4v) is 3.46. The average Bonchev–Trinajstić information content (AvgIpc) is 3.09. The van der Waals surface area contributed by atoms with Crippen molar-refractivity contribution < 1.29 is 9.21 Å². The Bertz CT molecular complexity index is 652. The maximum atomic E-state index is 12.0. The van der Waals surface area contributed by atoms with E-state index in [9.17, 15) is 4.79 Å². The van der Waals surface area contributed by atoms with Crippen LogP contribution < -0.4 is 15.5 Å². The first kappa shape index (κ1) is 15.8. The van der Waals surface area contributed by atoms with Crippen molar-refractivity contribution in [2.45, 2.75) is 13.5 Å². The molecule has 1 aromatic carbocycles. The second-order valence-electron chi connectivity index (χ2n) is 5.49. The summed E-state index contributed by atoms with van der Waals surface area (Å²) in [6.45, 7) is 4.56. The molecule has 0 spiro atoms. The van der Waals surface area contributed by atoms with Crippen LogP contribution in [0.15, 0.2) is 41.0 Å². The minimum Gasteiger partial charge on any atom is -0.467 e. The van der Waals surface area contributed by atoms with E-state index in [1.807, 2.05) is 30.8 Å². The van der Waals surface area contributed by atoms with Gasteiger partial charge in [-0.05, 0) is 42.8 Å². The summed E-state index contributed by atoms with van der Waals surface area (Å²) < 4.78 is 5.19. The molecule has 0 aliphatic carbocycles. The third kappa shape index (κ3) is 4.22. The van der Waals surface area contributed by atoms with Gasteiger partial charge in [0, 0.05) is 36.0 Å². The summed E-state index contributed by atoms with van der Waals surface area (Å²) in [6.07, 6.45) is 1.59. The molecule has 0 unspecified atom stereocenters. The first-order chi connectivity index (χ1) is 11.2. The molecule has 2 aromatic rings. The van der Waals surface area contributed by atoms with Crippen LogP contribution in [0.5, 0.6) is 0 Å². The minimum absolute atomic E-state index is 0.230. The van der Waals surface area contributed by atoms with Crippen molar-refractivity contribution in [3.8, 4) is 0 Å². The van der Waals surface area contributed by atoms with Gasteiger partial charge >= 0.3 is 6.03 Å². The molecule has 0 radical (unpaired) electrons. The molecule has 2 amide bonds. The average molecular weight is 331 g/mol. The smallest absolute Gasteiger partial charge is 0.319 e. The van der Waals surface area contributed by atoms with Crippen molar-refractivity contribution in [3.05, 3.63) is 47.9 Å². The van der Waals surface area contributed by atoms with Crippen molar-refractivity contribution in [1.82, 2.24) is 5.32 Å². The summed E-state index contributed by atoms with van der Waals surface area (Å²) >= 11 is 2.00. The number of anilines is 2. The summed E-state index contributed by atoms with van der Waals surface area (Å²) in [5, 5.41) is 5.67. The van der Waals surface area contributed by atoms with Gasteiger partial charge in [-0.3, -0.25) is 0 Å². The molecule has 0 saturated carbocycles. The number of hydrogen-bond acceptors (Lipinski definition) is 4. The standard InChI is InChI=1S/C17H21N3O2S/c1-13-11-14(20-6-9-23-10-7-20)4-5-16(13)19-17(21)18-12-15-3-2-8-22-15/h2-5,8,11H,6-7,9-10,12H2,1H3,(H2,18,19,21). The number of nitrogens with zero attached hydrogens (tertiary/aromatic N) is 1. The van der Waals surface area contributed by atoms with E-state index in [0.717, 1.165) is 30.1 Å². The zero-order valence-corrected chi connectivity index (χ0v) is 14.0. The van der Waals surface area contributed by atoms with E-state index >= 15 is 0 Å². The molecule has 5 nitrogen and oxygen atoms in total. The summed E-state index contributed by atoms with van der Waals surface area (Å²) in [4.78, 5) is 14.4. The number of amides is 2. The van der Waals surface area contributed by atoms with E-state index in [4.69, 9.17) is 4.42 Å². The minimum atomic E-state index is -0.230. The van der Waals surface area contributed by atoms with E-state index < -0.39 is 0 Å². The summed E-state index contributed by atoms with van der Waals surface area (Å²) in [5.74, 6) is 3.08. The summed E-state index contributed by atoms with van der Waals surface area (Å²) in [5.41, 5.74) is 3.12. The Morgan fingerprint density at radius 3 is 2.83 bits per heavy atom. The summed E-state index contributed by atoms with van der Waals surface area (Å²) in [6, 6.07) is 9.59. The van der Waals surface area contributed by atoms with Gasteiger partial charge in [-0.2, -0.15) is 11.8 Å². The molecule has 23 heavy (non-hydrogen) atoms. The van der Waals surface area contributed by atoms with Crippen LogP contribution >= 0.6 is 11.8 Å². The topological polar surface area (TPSA) is 57.5 Å². The van der Waals surface area contributed by atoms with Gasteiger partial charge in [0.25, 0.3) is 0 Å². The lowest BCUT2D eigenvalue weighted by Gasteiger charge is -2.29. The quantitative estimate of drug-likeness (QED) is 0.901. The fourth-order valence-electron chi connectivity index (χ4n) is 2.55. The predicted molar refractivity (Wildman–Crippen MR) is 95.3 cm³/mol. The third-order valence-corrected chi connectivity index (χ3v) is 4.78. The molecule has 3 rings (SSSR count). The molecule has 1 fully saturated rings. The molecule has 1 aliphatic rings. The van der Waals surface area contributed by atoms with Crippen molar-refractivity contribution in [2.24, 2.45) is 0 Å². The van der Waals surface area contributed by atoms with Gasteiger partial charge in [0.15, 0.2) is 0 Å². The van der Waals surface area contributed by atoms with E-state index in [-0.39, 0.29) is 6.03 Å². The number of urea groups is 1. The highest BCUT2D eigenvalue weighted by Crippen LogP contribution is 2.24. The first-order valence-electron chi connectivity index (χ1n) is 7.73. The Hall–Kier alpha value is -2.08. The number of furan rings is 1. The van der Waals surface area contributed by atoms with Gasteiger partial charge in [-0.15, -0.1) is 0 Å². The number of carbonyl (C=O) groups excluding carboxylic acids is 1. The highest BCUT2D eigenvalue weighted by atomic mass is 32.2. The zero-order chi connectivity index (χ0) is 16.1. The Balaban J connectivity index is 1.58. The van der Waals surface area contributed by atoms with Crippen molar-refractivity contribution in [1.29, 1.82) is 0 Å². The van der Waals surface area contributed by atoms with Gasteiger partial charge in [-0.25, -0.2) is 4.79 Å². The van der Waals surface area contributed by atoms with Gasteiger partial charge in [0.05, 0.1) is 12.8 Å². The van der Waals surface area contributed by atoms with E-state index in [1.54, 1.807) is 12.3 Å². The Labute approximate surface area is 140 Å². The molecular formula is C17H21N3O2S. The van der Waals surface area contributed by atoms with Crippen LogP contribution in [-0.4, -0.2) is 30.6 Å². The highest BCUT2D eigenvalue weighted by molar-refractivity contribution is 7.99. The first-order valence-corrected chi connectivity index (χ1v) is 8.88. The van der Waals surface area contributed by atoms with Gasteiger partial charge in [-0.1, -0.05) is 0 Å². The molecule has 1 aliphatic heterocycles. The van der Waals surface area contributed by atoms with Crippen molar-refractivity contribution in [3.63, 3.8) is 0 Å². The van der Waals surface area contributed by atoms with Crippen LogP contribution in [0.1, 0.15) is 11.3 Å². The van der Waals surface area contributed by atoms with Gasteiger partial charge in [0.2, 0.25) is 0 Å². The second kappa shape index (κ2) is 7.46. The maximum absolute atomic E-state index is 12.0. The SMILES string of the molecule is Cc1cc(N2CCSCC2)ccc1NC(=O)NCc1ccco1. The van der Waals surface area contributed by atoms with Crippen LogP contribution in [0.25, 0.3) is 0 Å². The maximum Gasteiger partial charge on any atom is 0.319 e. The molecule has 1 aromatic heterocycles. The predicted octanol–water partition coefficient (Wildman–Crippen LogP) is 3.46. The van der Waals surface area contributed by atoms with Crippen LogP contribution in [0.3, 0.4) is 0 Å². The normalized spacial score (nSPS) is 14.6. The number of hydrogen-bond donors (Lipinski definition) is 2. The monoisotopic (exact) mass is 331 g/mol. The third-order valence-electron chi connectivity index (χ3n) is 3.84. The largest absolute Gasteiger partial charge is 0.467 e. The lowest BCUT2D eigenvalue weighted by molar-refractivity contribution is 0.251. The van der Waals surface area contributed by atoms with Crippen molar-refractivity contribution in [2.75, 3.05) is 34.8 Å². The Morgan fingerprint density at radius 2 is 2.13 bits per heavy atom. The second-order valence-corrected chi connectivity index (χ2v) is 6.71. The van der Waals surface area contributed by atoms with E-state index in [2.05, 4.69) is 27.7 Å². The van der Waals surface area contributed by atoms with E-state index in [0.29, 0.717) is 6.54 Å². The molecule has 2 heterocycles. The number of benzene rings is 1. The number of aryl methyl sites for hydroxylation is 1. The fraction of sp³-hybridized carbons (Fsp3) is 0.353.